The molecule has 1 heterocycles. The van der Waals surface area contributed by atoms with E-state index in [-0.39, 0.29) is 26.1 Å². The first-order valence-electron chi connectivity index (χ1n) is 5.19. The SMILES string of the molecule is O=C(NCC(F)(F)F)NC1(C(=O)O)CCOCC1. The Kier molecular flexibility index (Phi) is 4.38. The molecule has 0 aromatic heterocycles. The van der Waals surface area contributed by atoms with Gasteiger partial charge in [-0.3, -0.25) is 0 Å². The second kappa shape index (κ2) is 5.42. The van der Waals surface area contributed by atoms with E-state index in [9.17, 15) is 22.8 Å². The summed E-state index contributed by atoms with van der Waals surface area (Å²) in [6, 6.07) is -1.16. The molecule has 1 aliphatic heterocycles. The van der Waals surface area contributed by atoms with Crippen molar-refractivity contribution < 1.29 is 32.6 Å². The zero-order valence-electron chi connectivity index (χ0n) is 9.34. The molecule has 3 N–H and O–H groups in total. The standard InChI is InChI=1S/C9H13F3N2O4/c10-9(11,12)5-13-7(17)14-8(6(15)16)1-3-18-4-2-8/h1-5H2,(H,15,16)(H2,13,14,17). The van der Waals surface area contributed by atoms with E-state index in [0.717, 1.165) is 0 Å². The fourth-order valence-electron chi connectivity index (χ4n) is 1.55. The molecule has 1 fully saturated rings. The van der Waals surface area contributed by atoms with E-state index in [4.69, 9.17) is 9.84 Å². The smallest absolute Gasteiger partial charge is 0.405 e. The number of halogens is 3. The van der Waals surface area contributed by atoms with E-state index in [1.165, 1.54) is 0 Å². The van der Waals surface area contributed by atoms with Crippen LogP contribution in [0.25, 0.3) is 0 Å². The van der Waals surface area contributed by atoms with Crippen molar-refractivity contribution in [3.8, 4) is 0 Å². The number of aliphatic carboxylic acids is 1. The molecule has 1 rings (SSSR count). The monoisotopic (exact) mass is 270 g/mol. The van der Waals surface area contributed by atoms with Gasteiger partial charge in [-0.25, -0.2) is 9.59 Å². The molecule has 0 aromatic carbocycles. The van der Waals surface area contributed by atoms with Crippen LogP contribution in [-0.2, 0) is 9.53 Å². The van der Waals surface area contributed by atoms with Gasteiger partial charge < -0.3 is 20.5 Å². The largest absolute Gasteiger partial charge is 0.480 e. The highest BCUT2D eigenvalue weighted by molar-refractivity contribution is 5.86. The van der Waals surface area contributed by atoms with Gasteiger partial charge in [0.25, 0.3) is 0 Å². The second-order valence-electron chi connectivity index (χ2n) is 3.92. The Bertz CT molecular complexity index is 326. The molecule has 0 radical (unpaired) electrons. The van der Waals surface area contributed by atoms with E-state index in [1.807, 2.05) is 0 Å². The summed E-state index contributed by atoms with van der Waals surface area (Å²) >= 11 is 0. The number of carbonyl (C=O) groups is 2. The molecule has 18 heavy (non-hydrogen) atoms. The lowest BCUT2D eigenvalue weighted by Crippen LogP contribution is -2.60. The molecule has 1 saturated heterocycles. The van der Waals surface area contributed by atoms with Gasteiger partial charge in [0.1, 0.15) is 12.1 Å². The number of carboxylic acid groups (broad SMARTS) is 1. The molecule has 0 spiro atoms. The minimum atomic E-state index is -4.54. The summed E-state index contributed by atoms with van der Waals surface area (Å²) in [4.78, 5) is 22.3. The van der Waals surface area contributed by atoms with E-state index in [2.05, 4.69) is 5.32 Å². The van der Waals surface area contributed by atoms with Crippen molar-refractivity contribution >= 4 is 12.0 Å². The number of amides is 2. The fraction of sp³-hybridized carbons (Fsp3) is 0.778. The molecule has 0 saturated carbocycles. The number of carbonyl (C=O) groups excluding carboxylic acids is 1. The average molecular weight is 270 g/mol. The van der Waals surface area contributed by atoms with Gasteiger partial charge in [0.2, 0.25) is 0 Å². The van der Waals surface area contributed by atoms with Gasteiger partial charge in [0.15, 0.2) is 0 Å². The normalized spacial score (nSPS) is 19.1. The average Bonchev–Trinajstić information content (AvgIpc) is 2.26. The molecule has 104 valence electrons. The van der Waals surface area contributed by atoms with Gasteiger partial charge in [0.05, 0.1) is 0 Å². The van der Waals surface area contributed by atoms with Crippen molar-refractivity contribution in [1.82, 2.24) is 10.6 Å². The topological polar surface area (TPSA) is 87.7 Å². The van der Waals surface area contributed by atoms with E-state index in [0.29, 0.717) is 0 Å². The van der Waals surface area contributed by atoms with Crippen LogP contribution in [0.2, 0.25) is 0 Å². The fourth-order valence-corrected chi connectivity index (χ4v) is 1.55. The summed E-state index contributed by atoms with van der Waals surface area (Å²) in [6.07, 6.45) is -4.51. The number of urea groups is 1. The van der Waals surface area contributed by atoms with E-state index in [1.54, 1.807) is 5.32 Å². The number of hydrogen-bond donors (Lipinski definition) is 3. The first kappa shape index (κ1) is 14.6. The lowest BCUT2D eigenvalue weighted by Gasteiger charge is -2.33. The third-order valence-corrected chi connectivity index (χ3v) is 2.56. The molecular weight excluding hydrogens is 257 g/mol. The van der Waals surface area contributed by atoms with Crippen LogP contribution in [-0.4, -0.2) is 48.6 Å². The third-order valence-electron chi connectivity index (χ3n) is 2.56. The van der Waals surface area contributed by atoms with Gasteiger partial charge in [-0.2, -0.15) is 13.2 Å². The van der Waals surface area contributed by atoms with Gasteiger partial charge >= 0.3 is 18.2 Å². The number of rotatable bonds is 3. The number of hydrogen-bond acceptors (Lipinski definition) is 3. The maximum atomic E-state index is 11.9. The van der Waals surface area contributed by atoms with Crippen molar-refractivity contribution in [2.45, 2.75) is 24.6 Å². The summed E-state index contributed by atoms with van der Waals surface area (Å²) in [5.74, 6) is -1.28. The lowest BCUT2D eigenvalue weighted by molar-refractivity contribution is -0.148. The predicted octanol–water partition coefficient (Wildman–Crippen LogP) is 0.482. The first-order valence-corrected chi connectivity index (χ1v) is 5.19. The van der Waals surface area contributed by atoms with Crippen LogP contribution in [0.15, 0.2) is 0 Å². The highest BCUT2D eigenvalue weighted by Crippen LogP contribution is 2.21. The first-order chi connectivity index (χ1) is 8.25. The van der Waals surface area contributed by atoms with Crippen molar-refractivity contribution in [3.05, 3.63) is 0 Å². The molecule has 9 heteroatoms. The van der Waals surface area contributed by atoms with Gasteiger partial charge in [0, 0.05) is 26.1 Å². The Morgan fingerprint density at radius 3 is 2.28 bits per heavy atom. The van der Waals surface area contributed by atoms with Crippen molar-refractivity contribution in [2.75, 3.05) is 19.8 Å². The summed E-state index contributed by atoms with van der Waals surface area (Å²) < 4.78 is 40.6. The Hall–Kier alpha value is -1.51. The molecular formula is C9H13F3N2O4. The Morgan fingerprint density at radius 2 is 1.83 bits per heavy atom. The predicted molar refractivity (Wildman–Crippen MR) is 53.0 cm³/mol. The van der Waals surface area contributed by atoms with E-state index >= 15 is 0 Å². The quantitative estimate of drug-likeness (QED) is 0.696. The second-order valence-corrected chi connectivity index (χ2v) is 3.92. The molecule has 2 amide bonds. The molecule has 0 unspecified atom stereocenters. The van der Waals surface area contributed by atoms with E-state index < -0.39 is 30.3 Å². The van der Waals surface area contributed by atoms with Crippen LogP contribution in [0.4, 0.5) is 18.0 Å². The summed E-state index contributed by atoms with van der Waals surface area (Å²) in [5, 5.41) is 12.7. The van der Waals surface area contributed by atoms with Crippen LogP contribution < -0.4 is 10.6 Å². The highest BCUT2D eigenvalue weighted by atomic mass is 19.4. The van der Waals surface area contributed by atoms with Crippen molar-refractivity contribution in [2.24, 2.45) is 0 Å². The number of nitrogens with one attached hydrogen (secondary N) is 2. The number of ether oxygens (including phenoxy) is 1. The Balaban J connectivity index is 2.56. The maximum Gasteiger partial charge on any atom is 0.405 e. The molecule has 0 atom stereocenters. The minimum absolute atomic E-state index is 0.0156. The molecule has 0 aliphatic carbocycles. The van der Waals surface area contributed by atoms with Crippen LogP contribution in [0.1, 0.15) is 12.8 Å². The lowest BCUT2D eigenvalue weighted by atomic mass is 9.90. The molecule has 6 nitrogen and oxygen atoms in total. The van der Waals surface area contributed by atoms with Crippen LogP contribution >= 0.6 is 0 Å². The van der Waals surface area contributed by atoms with Crippen molar-refractivity contribution in [3.63, 3.8) is 0 Å². The van der Waals surface area contributed by atoms with Gasteiger partial charge in [-0.05, 0) is 0 Å². The molecule has 0 bridgehead atoms. The van der Waals surface area contributed by atoms with Crippen LogP contribution in [0, 0.1) is 0 Å². The zero-order chi connectivity index (χ0) is 13.8. The van der Waals surface area contributed by atoms with Crippen LogP contribution in [0.3, 0.4) is 0 Å². The summed E-state index contributed by atoms with van der Waals surface area (Å²) in [7, 11) is 0. The minimum Gasteiger partial charge on any atom is -0.480 e. The zero-order valence-corrected chi connectivity index (χ0v) is 9.34. The Labute approximate surface area is 100 Å². The number of carboxylic acids is 1. The summed E-state index contributed by atoms with van der Waals surface area (Å²) in [5.41, 5.74) is -1.56. The molecule has 0 aromatic rings. The highest BCUT2D eigenvalue weighted by Gasteiger charge is 2.42. The van der Waals surface area contributed by atoms with Crippen molar-refractivity contribution in [1.29, 1.82) is 0 Å². The maximum absolute atomic E-state index is 11.9. The Morgan fingerprint density at radius 1 is 1.28 bits per heavy atom. The third kappa shape index (κ3) is 4.06. The van der Waals surface area contributed by atoms with Gasteiger partial charge in [-0.1, -0.05) is 0 Å². The molecule has 1 aliphatic rings. The number of alkyl halides is 3. The van der Waals surface area contributed by atoms with Crippen LogP contribution in [0.5, 0.6) is 0 Å². The van der Waals surface area contributed by atoms with Gasteiger partial charge in [-0.15, -0.1) is 0 Å². The summed E-state index contributed by atoms with van der Waals surface area (Å²) in [6.45, 7) is -1.25.